The smallest absolute Gasteiger partial charge is 0.281 e. The van der Waals surface area contributed by atoms with Gasteiger partial charge < -0.3 is 0 Å². The summed E-state index contributed by atoms with van der Waals surface area (Å²) < 4.78 is 41.9. The van der Waals surface area contributed by atoms with E-state index in [1.165, 1.54) is 25.4 Å². The maximum atomic E-state index is 14.2. The molecule has 0 aliphatic heterocycles. The fourth-order valence-corrected chi connectivity index (χ4v) is 4.10. The molecule has 0 saturated carbocycles. The number of pyridine rings is 2. The van der Waals surface area contributed by atoms with Gasteiger partial charge in [-0.1, -0.05) is 23.7 Å². The van der Waals surface area contributed by atoms with Crippen molar-refractivity contribution in [1.29, 1.82) is 0 Å². The molecule has 3 aromatic heterocycles. The van der Waals surface area contributed by atoms with Gasteiger partial charge in [-0.15, -0.1) is 0 Å². The highest BCUT2D eigenvalue weighted by atomic mass is 35.5. The maximum Gasteiger partial charge on any atom is 0.281 e. The molecule has 0 unspecified atom stereocenters. The molecule has 0 amide bonds. The van der Waals surface area contributed by atoms with Crippen molar-refractivity contribution in [3.63, 3.8) is 0 Å². The average Bonchev–Trinajstić information content (AvgIpc) is 3.16. The number of hydrogen-bond donors (Lipinski definition) is 0. The number of rotatable bonds is 5. The molecule has 4 aromatic rings. The van der Waals surface area contributed by atoms with E-state index in [4.69, 9.17) is 11.6 Å². The molecule has 0 saturated heterocycles. The zero-order valence-electron chi connectivity index (χ0n) is 15.6. The van der Waals surface area contributed by atoms with Gasteiger partial charge in [0.15, 0.2) is 5.82 Å². The molecule has 4 rings (SSSR count). The standard InChI is InChI=1S/C20H15ClFN5O2S/c1-26(30(28,29)18-6-2-5-17(21)20(18)22)25-12-16-11-24-19-8-7-15(13-27(16)19)14-4-3-9-23-10-14/h2-13H,1H3. The molecule has 0 radical (unpaired) electrons. The van der Waals surface area contributed by atoms with Gasteiger partial charge in [0.1, 0.15) is 10.5 Å². The highest BCUT2D eigenvalue weighted by molar-refractivity contribution is 7.89. The Labute approximate surface area is 177 Å². The summed E-state index contributed by atoms with van der Waals surface area (Å²) in [4.78, 5) is 7.85. The van der Waals surface area contributed by atoms with Crippen molar-refractivity contribution in [2.24, 2.45) is 5.10 Å². The van der Waals surface area contributed by atoms with Crippen LogP contribution in [0.1, 0.15) is 5.69 Å². The van der Waals surface area contributed by atoms with Crippen LogP contribution < -0.4 is 0 Å². The summed E-state index contributed by atoms with van der Waals surface area (Å²) in [6, 6.07) is 11.3. The molecule has 10 heteroatoms. The lowest BCUT2D eigenvalue weighted by Gasteiger charge is -2.14. The number of fused-ring (bicyclic) bond motifs is 1. The van der Waals surface area contributed by atoms with Crippen molar-refractivity contribution in [1.82, 2.24) is 18.8 Å². The summed E-state index contributed by atoms with van der Waals surface area (Å²) in [6.07, 6.45) is 8.19. The summed E-state index contributed by atoms with van der Waals surface area (Å²) in [6.45, 7) is 0. The monoisotopic (exact) mass is 443 g/mol. The maximum absolute atomic E-state index is 14.2. The molecule has 0 aliphatic rings. The van der Waals surface area contributed by atoms with Crippen molar-refractivity contribution in [3.05, 3.63) is 83.8 Å². The SMILES string of the molecule is CN(N=Cc1cnc2ccc(-c3cccnc3)cn12)S(=O)(=O)c1cccc(Cl)c1F. The van der Waals surface area contributed by atoms with Gasteiger partial charge in [0.25, 0.3) is 10.0 Å². The third-order valence-corrected chi connectivity index (χ3v) is 6.38. The third-order valence-electron chi connectivity index (χ3n) is 4.42. The van der Waals surface area contributed by atoms with Gasteiger partial charge in [0, 0.05) is 36.8 Å². The van der Waals surface area contributed by atoms with Gasteiger partial charge in [-0.05, 0) is 30.3 Å². The van der Waals surface area contributed by atoms with Gasteiger partial charge in [-0.3, -0.25) is 9.38 Å². The van der Waals surface area contributed by atoms with Crippen LogP contribution in [0.4, 0.5) is 4.39 Å². The normalized spacial score (nSPS) is 12.0. The first kappa shape index (κ1) is 20.0. The highest BCUT2D eigenvalue weighted by Gasteiger charge is 2.24. The molecular formula is C20H15ClFN5O2S. The summed E-state index contributed by atoms with van der Waals surface area (Å²) in [5, 5.41) is 3.70. The number of sulfonamides is 1. The number of hydrogen-bond acceptors (Lipinski definition) is 5. The Hall–Kier alpha value is -3.30. The second-order valence-electron chi connectivity index (χ2n) is 6.31. The Kier molecular flexibility index (Phi) is 5.23. The molecule has 1 aromatic carbocycles. The van der Waals surface area contributed by atoms with E-state index in [0.717, 1.165) is 17.2 Å². The third kappa shape index (κ3) is 3.64. The first-order valence-corrected chi connectivity index (χ1v) is 10.5. The molecule has 0 atom stereocenters. The van der Waals surface area contributed by atoms with Gasteiger partial charge in [-0.25, -0.2) is 9.37 Å². The second-order valence-corrected chi connectivity index (χ2v) is 8.63. The number of benzene rings is 1. The minimum Gasteiger partial charge on any atom is -0.298 e. The van der Waals surface area contributed by atoms with Crippen molar-refractivity contribution in [3.8, 4) is 11.1 Å². The number of imidazole rings is 1. The number of hydrazone groups is 1. The van der Waals surface area contributed by atoms with E-state index in [0.29, 0.717) is 15.8 Å². The summed E-state index contributed by atoms with van der Waals surface area (Å²) >= 11 is 5.70. The van der Waals surface area contributed by atoms with E-state index in [-0.39, 0.29) is 5.02 Å². The zero-order valence-corrected chi connectivity index (χ0v) is 17.2. The van der Waals surface area contributed by atoms with E-state index in [1.54, 1.807) is 23.0 Å². The second kappa shape index (κ2) is 7.85. The molecule has 152 valence electrons. The molecule has 7 nitrogen and oxygen atoms in total. The fourth-order valence-electron chi connectivity index (χ4n) is 2.83. The van der Waals surface area contributed by atoms with E-state index in [9.17, 15) is 12.8 Å². The van der Waals surface area contributed by atoms with Gasteiger partial charge in [-0.2, -0.15) is 17.9 Å². The molecule has 3 heterocycles. The van der Waals surface area contributed by atoms with Crippen LogP contribution in [0.5, 0.6) is 0 Å². The van der Waals surface area contributed by atoms with Crippen molar-refractivity contribution < 1.29 is 12.8 Å². The first-order chi connectivity index (χ1) is 14.4. The molecule has 0 N–H and O–H groups in total. The molecule has 0 spiro atoms. The van der Waals surface area contributed by atoms with Crippen LogP contribution in [-0.4, -0.2) is 40.5 Å². The van der Waals surface area contributed by atoms with Crippen LogP contribution in [0, 0.1) is 5.82 Å². The minimum atomic E-state index is -4.21. The highest BCUT2D eigenvalue weighted by Crippen LogP contribution is 2.24. The predicted molar refractivity (Wildman–Crippen MR) is 112 cm³/mol. The first-order valence-electron chi connectivity index (χ1n) is 8.72. The topological polar surface area (TPSA) is 79.9 Å². The Balaban J connectivity index is 1.67. The average molecular weight is 444 g/mol. The lowest BCUT2D eigenvalue weighted by molar-refractivity contribution is 0.482. The van der Waals surface area contributed by atoms with Crippen LogP contribution in [0.2, 0.25) is 5.02 Å². The van der Waals surface area contributed by atoms with Crippen molar-refractivity contribution >= 4 is 33.5 Å². The summed E-state index contributed by atoms with van der Waals surface area (Å²) in [5.41, 5.74) is 3.04. The van der Waals surface area contributed by atoms with Crippen molar-refractivity contribution in [2.45, 2.75) is 4.90 Å². The Morgan fingerprint density at radius 2 is 1.97 bits per heavy atom. The Morgan fingerprint density at radius 1 is 1.13 bits per heavy atom. The van der Waals surface area contributed by atoms with Crippen LogP contribution in [0.3, 0.4) is 0 Å². The van der Waals surface area contributed by atoms with E-state index in [2.05, 4.69) is 15.1 Å². The number of halogens is 2. The van der Waals surface area contributed by atoms with Crippen LogP contribution >= 0.6 is 11.6 Å². The zero-order chi connectivity index (χ0) is 21.3. The van der Waals surface area contributed by atoms with Gasteiger partial charge >= 0.3 is 0 Å². The Bertz CT molecular complexity index is 1360. The van der Waals surface area contributed by atoms with E-state index >= 15 is 0 Å². The van der Waals surface area contributed by atoms with Gasteiger partial charge in [0.2, 0.25) is 0 Å². The lowest BCUT2D eigenvalue weighted by atomic mass is 10.1. The quantitative estimate of drug-likeness (QED) is 0.346. The molecular weight excluding hydrogens is 429 g/mol. The predicted octanol–water partition coefficient (Wildman–Crippen LogP) is 3.84. The molecule has 30 heavy (non-hydrogen) atoms. The molecule has 0 aliphatic carbocycles. The van der Waals surface area contributed by atoms with E-state index < -0.39 is 20.7 Å². The van der Waals surface area contributed by atoms with Crippen LogP contribution in [0.15, 0.2) is 77.2 Å². The van der Waals surface area contributed by atoms with Crippen LogP contribution in [0.25, 0.3) is 16.8 Å². The molecule has 0 fully saturated rings. The summed E-state index contributed by atoms with van der Waals surface area (Å²) in [5.74, 6) is -1.02. The number of nitrogens with zero attached hydrogens (tertiary/aromatic N) is 5. The molecule has 0 bridgehead atoms. The Morgan fingerprint density at radius 3 is 2.73 bits per heavy atom. The fraction of sp³-hybridized carbons (Fsp3) is 0.0500. The number of aromatic nitrogens is 3. The minimum absolute atomic E-state index is 0.279. The lowest BCUT2D eigenvalue weighted by Crippen LogP contribution is -2.23. The van der Waals surface area contributed by atoms with Crippen LogP contribution in [-0.2, 0) is 10.0 Å². The van der Waals surface area contributed by atoms with Crippen molar-refractivity contribution in [2.75, 3.05) is 7.05 Å². The summed E-state index contributed by atoms with van der Waals surface area (Å²) in [7, 11) is -2.99. The van der Waals surface area contributed by atoms with Gasteiger partial charge in [0.05, 0.1) is 23.1 Å². The van der Waals surface area contributed by atoms with E-state index in [1.807, 2.05) is 30.5 Å². The largest absolute Gasteiger partial charge is 0.298 e.